The van der Waals surface area contributed by atoms with E-state index < -0.39 is 0 Å². The first-order valence-electron chi connectivity index (χ1n) is 2.98. The van der Waals surface area contributed by atoms with E-state index in [1.165, 1.54) is 6.92 Å². The average molecular weight is 133 g/mol. The molecule has 0 radical (unpaired) electrons. The number of rotatable bonds is 1. The Morgan fingerprint density at radius 2 is 1.89 bits per heavy atom. The number of hydrogen-bond acceptors (Lipinski definition) is 2. The monoisotopic (exact) mass is 133 g/mol. The third-order valence-corrected chi connectivity index (χ3v) is 0.576. The molecule has 0 unspecified atom stereocenters. The lowest BCUT2D eigenvalue weighted by atomic mass is 10.5. The summed E-state index contributed by atoms with van der Waals surface area (Å²) >= 11 is 0. The lowest BCUT2D eigenvalue weighted by Gasteiger charge is -1.80. The van der Waals surface area contributed by atoms with Gasteiger partial charge in [-0.3, -0.25) is 4.79 Å². The van der Waals surface area contributed by atoms with Crippen molar-refractivity contribution in [1.29, 1.82) is 0 Å². The van der Waals surface area contributed by atoms with E-state index in [9.17, 15) is 4.79 Å². The lowest BCUT2D eigenvalue weighted by Crippen LogP contribution is -2.11. The van der Waals surface area contributed by atoms with Gasteiger partial charge in [0.05, 0.1) is 0 Å². The van der Waals surface area contributed by atoms with Crippen molar-refractivity contribution >= 4 is 5.91 Å². The highest BCUT2D eigenvalue weighted by molar-refractivity contribution is 5.72. The van der Waals surface area contributed by atoms with Gasteiger partial charge in [0.25, 0.3) is 0 Å². The van der Waals surface area contributed by atoms with Gasteiger partial charge in [0.1, 0.15) is 0 Å². The van der Waals surface area contributed by atoms with E-state index in [4.69, 9.17) is 5.11 Å². The molecule has 0 atom stereocenters. The van der Waals surface area contributed by atoms with Crippen molar-refractivity contribution in [1.82, 2.24) is 5.32 Å². The second-order valence-corrected chi connectivity index (χ2v) is 1.53. The molecule has 0 aromatic carbocycles. The third-order valence-electron chi connectivity index (χ3n) is 0.576. The summed E-state index contributed by atoms with van der Waals surface area (Å²) in [6.45, 7) is 3.72. The second-order valence-electron chi connectivity index (χ2n) is 1.53. The molecule has 0 rings (SSSR count). The summed E-state index contributed by atoms with van der Waals surface area (Å²) in [5, 5.41) is 10.3. The molecule has 2 N–H and O–H groups in total. The summed E-state index contributed by atoms with van der Waals surface area (Å²) in [4.78, 5) is 9.70. The maximum absolute atomic E-state index is 9.70. The Morgan fingerprint density at radius 3 is 1.89 bits per heavy atom. The molecule has 9 heavy (non-hydrogen) atoms. The van der Waals surface area contributed by atoms with Crippen molar-refractivity contribution in [3.05, 3.63) is 0 Å². The van der Waals surface area contributed by atoms with Crippen molar-refractivity contribution < 1.29 is 9.90 Å². The van der Waals surface area contributed by atoms with E-state index in [0.717, 1.165) is 6.42 Å². The molecule has 0 heterocycles. The lowest BCUT2D eigenvalue weighted by molar-refractivity contribution is -0.118. The maximum atomic E-state index is 9.70. The van der Waals surface area contributed by atoms with Gasteiger partial charge in [0.2, 0.25) is 5.91 Å². The molecule has 0 bridgehead atoms. The van der Waals surface area contributed by atoms with Gasteiger partial charge < -0.3 is 10.4 Å². The molecule has 0 saturated heterocycles. The van der Waals surface area contributed by atoms with E-state index in [2.05, 4.69) is 5.32 Å². The van der Waals surface area contributed by atoms with Gasteiger partial charge in [0, 0.05) is 20.6 Å². The zero-order chi connectivity index (χ0) is 7.70. The molecular weight excluding hydrogens is 118 g/mol. The highest BCUT2D eigenvalue weighted by atomic mass is 16.2. The van der Waals surface area contributed by atoms with Crippen LogP contribution in [0.2, 0.25) is 0 Å². The predicted octanol–water partition coefficient (Wildman–Crippen LogP) is 0.141. The fourth-order valence-electron chi connectivity index (χ4n) is 0. The van der Waals surface area contributed by atoms with Crippen LogP contribution >= 0.6 is 0 Å². The summed E-state index contributed by atoms with van der Waals surface area (Å²) in [5.41, 5.74) is 0. The molecule has 0 aromatic heterocycles. The predicted molar refractivity (Wildman–Crippen MR) is 37.1 cm³/mol. The fraction of sp³-hybridized carbons (Fsp3) is 0.833. The Morgan fingerprint density at radius 1 is 1.67 bits per heavy atom. The van der Waals surface area contributed by atoms with Crippen LogP contribution in [-0.4, -0.2) is 24.7 Å². The van der Waals surface area contributed by atoms with Gasteiger partial charge in [-0.25, -0.2) is 0 Å². The van der Waals surface area contributed by atoms with Gasteiger partial charge in [-0.1, -0.05) is 6.92 Å². The van der Waals surface area contributed by atoms with Crippen LogP contribution in [0.3, 0.4) is 0 Å². The van der Waals surface area contributed by atoms with Crippen LogP contribution in [0.15, 0.2) is 0 Å². The second kappa shape index (κ2) is 10.4. The normalized spacial score (nSPS) is 7.11. The van der Waals surface area contributed by atoms with Crippen LogP contribution in [0.25, 0.3) is 0 Å². The van der Waals surface area contributed by atoms with Crippen LogP contribution in [0, 0.1) is 0 Å². The SMILES string of the molecule is CCCO.CNC(C)=O. The number of aliphatic hydroxyl groups is 1. The molecule has 0 aliphatic rings. The quantitative estimate of drug-likeness (QED) is 0.534. The third kappa shape index (κ3) is 37.1. The van der Waals surface area contributed by atoms with E-state index in [0.29, 0.717) is 6.61 Å². The van der Waals surface area contributed by atoms with Crippen LogP contribution in [0.5, 0.6) is 0 Å². The van der Waals surface area contributed by atoms with Crippen molar-refractivity contribution in [3.63, 3.8) is 0 Å². The van der Waals surface area contributed by atoms with E-state index in [1.807, 2.05) is 6.92 Å². The smallest absolute Gasteiger partial charge is 0.216 e. The first-order valence-corrected chi connectivity index (χ1v) is 2.98. The van der Waals surface area contributed by atoms with Crippen LogP contribution in [0.4, 0.5) is 0 Å². The van der Waals surface area contributed by atoms with E-state index in [-0.39, 0.29) is 5.91 Å². The summed E-state index contributed by atoms with van der Waals surface area (Å²) in [7, 11) is 1.60. The molecule has 1 amide bonds. The highest BCUT2D eigenvalue weighted by Crippen LogP contribution is 1.61. The Labute approximate surface area is 56.1 Å². The first-order chi connectivity index (χ1) is 4.18. The topological polar surface area (TPSA) is 49.3 Å². The number of aliphatic hydroxyl groups excluding tert-OH is 1. The molecule has 56 valence electrons. The molecule has 3 nitrogen and oxygen atoms in total. The highest BCUT2D eigenvalue weighted by Gasteiger charge is 1.72. The van der Waals surface area contributed by atoms with Crippen LogP contribution < -0.4 is 5.32 Å². The molecule has 0 fully saturated rings. The molecule has 3 heteroatoms. The average Bonchev–Trinajstić information content (AvgIpc) is 1.89. The summed E-state index contributed by atoms with van der Waals surface area (Å²) < 4.78 is 0. The molecule has 0 aliphatic carbocycles. The van der Waals surface area contributed by atoms with E-state index in [1.54, 1.807) is 7.05 Å². The van der Waals surface area contributed by atoms with Gasteiger partial charge >= 0.3 is 0 Å². The zero-order valence-corrected chi connectivity index (χ0v) is 6.27. The summed E-state index contributed by atoms with van der Waals surface area (Å²) in [6.07, 6.45) is 0.875. The number of amides is 1. The minimum atomic E-state index is 0.00463. The zero-order valence-electron chi connectivity index (χ0n) is 6.27. The van der Waals surface area contributed by atoms with Crippen molar-refractivity contribution in [2.45, 2.75) is 20.3 Å². The molecule has 0 saturated carbocycles. The Bertz CT molecular complexity index is 62.1. The fourth-order valence-corrected chi connectivity index (χ4v) is 0. The minimum Gasteiger partial charge on any atom is -0.396 e. The van der Waals surface area contributed by atoms with Crippen molar-refractivity contribution in [2.24, 2.45) is 0 Å². The summed E-state index contributed by atoms with van der Waals surface area (Å²) in [5.74, 6) is 0.00463. The van der Waals surface area contributed by atoms with Crippen molar-refractivity contribution in [2.75, 3.05) is 13.7 Å². The Kier molecular flexibility index (Phi) is 13.0. The van der Waals surface area contributed by atoms with Gasteiger partial charge in [-0.2, -0.15) is 0 Å². The number of hydrogen-bond donors (Lipinski definition) is 2. The van der Waals surface area contributed by atoms with Gasteiger partial charge in [-0.05, 0) is 6.42 Å². The maximum Gasteiger partial charge on any atom is 0.216 e. The Balaban J connectivity index is 0. The molecule has 0 aromatic rings. The molecule has 0 spiro atoms. The number of carbonyl (C=O) groups excluding carboxylic acids is 1. The standard InChI is InChI=1S/C3H7NO.C3H8O/c1-3(5)4-2;1-2-3-4/h1-2H3,(H,4,5);4H,2-3H2,1H3. The molecule has 0 aliphatic heterocycles. The van der Waals surface area contributed by atoms with E-state index >= 15 is 0 Å². The number of nitrogens with one attached hydrogen (secondary N) is 1. The van der Waals surface area contributed by atoms with Crippen LogP contribution in [0.1, 0.15) is 20.3 Å². The minimum absolute atomic E-state index is 0.00463. The largest absolute Gasteiger partial charge is 0.396 e. The first kappa shape index (κ1) is 11.3. The summed E-state index contributed by atoms with van der Waals surface area (Å²) in [6, 6.07) is 0. The van der Waals surface area contributed by atoms with Crippen molar-refractivity contribution in [3.8, 4) is 0 Å². The van der Waals surface area contributed by atoms with Gasteiger partial charge in [-0.15, -0.1) is 0 Å². The van der Waals surface area contributed by atoms with Gasteiger partial charge in [0.15, 0.2) is 0 Å². The Hall–Kier alpha value is -0.570. The van der Waals surface area contributed by atoms with Crippen LogP contribution in [-0.2, 0) is 4.79 Å². The number of carbonyl (C=O) groups is 1. The molecular formula is C6H15NO2.